The lowest BCUT2D eigenvalue weighted by molar-refractivity contribution is 0.0905. The molecular weight excluding hydrogens is 283 g/mol. The number of ketones is 1. The third-order valence-electron chi connectivity index (χ3n) is 2.85. The highest BCUT2D eigenvalue weighted by molar-refractivity contribution is 9.10. The van der Waals surface area contributed by atoms with Gasteiger partial charge in [-0.25, -0.2) is 4.39 Å². The van der Waals surface area contributed by atoms with Crippen LogP contribution in [0.3, 0.4) is 0 Å². The zero-order valence-corrected chi connectivity index (χ0v) is 11.9. The third kappa shape index (κ3) is 3.91. The summed E-state index contributed by atoms with van der Waals surface area (Å²) in [5.41, 5.74) is 0.602. The predicted octanol–water partition coefficient (Wildman–Crippen LogP) is 4.99. The smallest absolute Gasteiger partial charge is 0.165 e. The summed E-state index contributed by atoms with van der Waals surface area (Å²) in [6.07, 6.45) is 3.81. The SMILES string of the molecule is CCCC(CCC)C(=O)c1ccc(F)c(Br)c1. The summed E-state index contributed by atoms with van der Waals surface area (Å²) in [7, 11) is 0. The molecule has 0 N–H and O–H groups in total. The van der Waals surface area contributed by atoms with E-state index in [1.54, 1.807) is 12.1 Å². The number of halogens is 2. The zero-order chi connectivity index (χ0) is 12.8. The number of rotatable bonds is 6. The van der Waals surface area contributed by atoms with Crippen LogP contribution in [0.5, 0.6) is 0 Å². The fourth-order valence-electron chi connectivity index (χ4n) is 1.99. The van der Waals surface area contributed by atoms with Crippen LogP contribution < -0.4 is 0 Å². The van der Waals surface area contributed by atoms with Crippen molar-refractivity contribution in [1.82, 2.24) is 0 Å². The summed E-state index contributed by atoms with van der Waals surface area (Å²) in [6, 6.07) is 4.49. The van der Waals surface area contributed by atoms with Gasteiger partial charge in [-0.05, 0) is 47.0 Å². The van der Waals surface area contributed by atoms with Gasteiger partial charge in [0.25, 0.3) is 0 Å². The van der Waals surface area contributed by atoms with E-state index in [4.69, 9.17) is 0 Å². The minimum Gasteiger partial charge on any atom is -0.294 e. The lowest BCUT2D eigenvalue weighted by Gasteiger charge is -2.14. The molecule has 0 bridgehead atoms. The Bertz CT molecular complexity index is 384. The van der Waals surface area contributed by atoms with Crippen molar-refractivity contribution in [2.75, 3.05) is 0 Å². The number of benzene rings is 1. The van der Waals surface area contributed by atoms with Crippen molar-refractivity contribution in [1.29, 1.82) is 0 Å². The maximum Gasteiger partial charge on any atom is 0.165 e. The van der Waals surface area contributed by atoms with E-state index < -0.39 is 0 Å². The van der Waals surface area contributed by atoms with Crippen LogP contribution in [0.15, 0.2) is 22.7 Å². The van der Waals surface area contributed by atoms with Gasteiger partial charge >= 0.3 is 0 Å². The molecule has 1 nitrogen and oxygen atoms in total. The van der Waals surface area contributed by atoms with E-state index >= 15 is 0 Å². The monoisotopic (exact) mass is 300 g/mol. The molecule has 0 saturated carbocycles. The van der Waals surface area contributed by atoms with Gasteiger partial charge in [0.15, 0.2) is 5.78 Å². The van der Waals surface area contributed by atoms with E-state index in [1.165, 1.54) is 6.07 Å². The number of carbonyl (C=O) groups is 1. The Hall–Kier alpha value is -0.700. The van der Waals surface area contributed by atoms with E-state index in [2.05, 4.69) is 29.8 Å². The molecule has 17 heavy (non-hydrogen) atoms. The van der Waals surface area contributed by atoms with Crippen molar-refractivity contribution in [3.63, 3.8) is 0 Å². The van der Waals surface area contributed by atoms with Crippen LogP contribution in [0, 0.1) is 11.7 Å². The van der Waals surface area contributed by atoms with Gasteiger partial charge in [-0.3, -0.25) is 4.79 Å². The van der Waals surface area contributed by atoms with Crippen LogP contribution in [-0.4, -0.2) is 5.78 Å². The Morgan fingerprint density at radius 2 is 1.88 bits per heavy atom. The molecule has 94 valence electrons. The highest BCUT2D eigenvalue weighted by atomic mass is 79.9. The molecule has 0 aliphatic carbocycles. The molecule has 0 saturated heterocycles. The molecule has 0 fully saturated rings. The molecule has 1 aromatic rings. The zero-order valence-electron chi connectivity index (χ0n) is 10.3. The largest absolute Gasteiger partial charge is 0.294 e. The standard InChI is InChI=1S/C14H18BrFO/c1-3-5-10(6-4-2)14(17)11-7-8-13(16)12(15)9-11/h7-10H,3-6H2,1-2H3. The summed E-state index contributed by atoms with van der Waals surface area (Å²) in [4.78, 5) is 12.2. The maximum absolute atomic E-state index is 13.1. The summed E-state index contributed by atoms with van der Waals surface area (Å²) in [6.45, 7) is 4.16. The van der Waals surface area contributed by atoms with E-state index in [0.29, 0.717) is 10.0 Å². The van der Waals surface area contributed by atoms with Crippen LogP contribution >= 0.6 is 15.9 Å². The summed E-state index contributed by atoms with van der Waals surface area (Å²) < 4.78 is 13.5. The van der Waals surface area contributed by atoms with Gasteiger partial charge in [0.05, 0.1) is 4.47 Å². The van der Waals surface area contributed by atoms with E-state index in [1.807, 2.05) is 0 Å². The van der Waals surface area contributed by atoms with Gasteiger partial charge < -0.3 is 0 Å². The first kappa shape index (κ1) is 14.4. The van der Waals surface area contributed by atoms with Crippen LogP contribution in [0.4, 0.5) is 4.39 Å². The molecule has 0 spiro atoms. The second kappa shape index (κ2) is 6.90. The fraction of sp³-hybridized carbons (Fsp3) is 0.500. The van der Waals surface area contributed by atoms with Crippen LogP contribution in [0.1, 0.15) is 49.9 Å². The molecule has 1 rings (SSSR count). The van der Waals surface area contributed by atoms with E-state index in [0.717, 1.165) is 25.7 Å². The molecular formula is C14H18BrFO. The molecule has 0 atom stereocenters. The normalized spacial score (nSPS) is 10.9. The minimum absolute atomic E-state index is 0.0716. The first-order valence-corrected chi connectivity index (χ1v) is 6.88. The topological polar surface area (TPSA) is 17.1 Å². The molecule has 0 aliphatic heterocycles. The predicted molar refractivity (Wildman–Crippen MR) is 71.7 cm³/mol. The first-order valence-electron chi connectivity index (χ1n) is 6.09. The molecule has 0 unspecified atom stereocenters. The average molecular weight is 301 g/mol. The van der Waals surface area contributed by atoms with Gasteiger partial charge in [-0.2, -0.15) is 0 Å². The highest BCUT2D eigenvalue weighted by Crippen LogP contribution is 2.23. The molecule has 0 aliphatic rings. The molecule has 0 heterocycles. The molecule has 0 radical (unpaired) electrons. The van der Waals surface area contributed by atoms with Gasteiger partial charge in [0, 0.05) is 11.5 Å². The van der Waals surface area contributed by atoms with Crippen LogP contribution in [0.2, 0.25) is 0 Å². The van der Waals surface area contributed by atoms with Gasteiger partial charge in [-0.1, -0.05) is 26.7 Å². The van der Waals surface area contributed by atoms with Crippen molar-refractivity contribution in [2.24, 2.45) is 5.92 Å². The summed E-state index contributed by atoms with van der Waals surface area (Å²) >= 11 is 3.11. The van der Waals surface area contributed by atoms with Crippen molar-refractivity contribution in [3.05, 3.63) is 34.1 Å². The van der Waals surface area contributed by atoms with Crippen LogP contribution in [-0.2, 0) is 0 Å². The minimum atomic E-state index is -0.330. The number of carbonyl (C=O) groups excluding carboxylic acids is 1. The Labute approximate surface area is 111 Å². The first-order chi connectivity index (χ1) is 8.10. The number of hydrogen-bond donors (Lipinski definition) is 0. The van der Waals surface area contributed by atoms with Crippen molar-refractivity contribution < 1.29 is 9.18 Å². The van der Waals surface area contributed by atoms with Gasteiger partial charge in [-0.15, -0.1) is 0 Å². The van der Waals surface area contributed by atoms with Crippen molar-refractivity contribution in [3.8, 4) is 0 Å². The quantitative estimate of drug-likeness (QED) is 0.677. The second-order valence-corrected chi connectivity index (χ2v) is 5.12. The average Bonchev–Trinajstić information content (AvgIpc) is 2.31. The van der Waals surface area contributed by atoms with Crippen molar-refractivity contribution in [2.45, 2.75) is 39.5 Å². The number of Topliss-reactive ketones (excluding diaryl/α,β-unsaturated/α-hetero) is 1. The molecule has 0 amide bonds. The summed E-state index contributed by atoms with van der Waals surface area (Å²) in [5, 5.41) is 0. The third-order valence-corrected chi connectivity index (χ3v) is 3.46. The Morgan fingerprint density at radius 3 is 2.35 bits per heavy atom. The second-order valence-electron chi connectivity index (χ2n) is 4.27. The van der Waals surface area contributed by atoms with E-state index in [-0.39, 0.29) is 17.5 Å². The lowest BCUT2D eigenvalue weighted by atomic mass is 9.90. The van der Waals surface area contributed by atoms with Gasteiger partial charge in [0.1, 0.15) is 5.82 Å². The van der Waals surface area contributed by atoms with Crippen LogP contribution in [0.25, 0.3) is 0 Å². The Balaban J connectivity index is 2.88. The number of hydrogen-bond acceptors (Lipinski definition) is 1. The fourth-order valence-corrected chi connectivity index (χ4v) is 2.37. The highest BCUT2D eigenvalue weighted by Gasteiger charge is 2.19. The maximum atomic E-state index is 13.1. The molecule has 0 aromatic heterocycles. The van der Waals surface area contributed by atoms with Gasteiger partial charge in [0.2, 0.25) is 0 Å². The lowest BCUT2D eigenvalue weighted by Crippen LogP contribution is -2.14. The molecule has 1 aromatic carbocycles. The Morgan fingerprint density at radius 1 is 1.29 bits per heavy atom. The van der Waals surface area contributed by atoms with Crippen molar-refractivity contribution >= 4 is 21.7 Å². The Kier molecular flexibility index (Phi) is 5.83. The van der Waals surface area contributed by atoms with E-state index in [9.17, 15) is 9.18 Å². The summed E-state index contributed by atoms with van der Waals surface area (Å²) in [5.74, 6) is -0.124. The molecule has 3 heteroatoms.